The summed E-state index contributed by atoms with van der Waals surface area (Å²) in [5, 5.41) is 3.31. The van der Waals surface area contributed by atoms with Gasteiger partial charge in [0.25, 0.3) is 0 Å². The number of carbonyl (C=O) groups is 1. The molecule has 0 aromatic heterocycles. The largest absolute Gasteiger partial charge is 0.491 e. The zero-order valence-electron chi connectivity index (χ0n) is 14.1. The highest BCUT2D eigenvalue weighted by Crippen LogP contribution is 2.10. The number of hydrogen-bond donors (Lipinski definition) is 1. The first-order valence-electron chi connectivity index (χ1n) is 8.54. The van der Waals surface area contributed by atoms with Crippen molar-refractivity contribution in [2.24, 2.45) is 0 Å². The predicted octanol–water partition coefficient (Wildman–Crippen LogP) is 1.68. The summed E-state index contributed by atoms with van der Waals surface area (Å²) in [6.45, 7) is 5.41. The van der Waals surface area contributed by atoms with E-state index in [2.05, 4.69) is 5.32 Å². The zero-order valence-corrected chi connectivity index (χ0v) is 14.1. The van der Waals surface area contributed by atoms with E-state index < -0.39 is 0 Å². The van der Waals surface area contributed by atoms with E-state index in [1.165, 1.54) is 0 Å². The van der Waals surface area contributed by atoms with E-state index in [-0.39, 0.29) is 0 Å². The lowest BCUT2D eigenvalue weighted by molar-refractivity contribution is -0.0214. The standard InChI is InChI=1S/C18H27NO5/c20-15-16-1-3-17(4-2-16)23-13-11-21-9-10-22-12-14-24-18-5-7-19-8-6-18/h1-4,15,18-19H,5-14H2. The first-order chi connectivity index (χ1) is 11.9. The quantitative estimate of drug-likeness (QED) is 0.462. The number of nitrogens with one attached hydrogen (secondary N) is 1. The van der Waals surface area contributed by atoms with Crippen molar-refractivity contribution in [3.8, 4) is 5.75 Å². The summed E-state index contributed by atoms with van der Waals surface area (Å²) in [5.41, 5.74) is 0.639. The Morgan fingerprint density at radius 3 is 2.21 bits per heavy atom. The van der Waals surface area contributed by atoms with Gasteiger partial charge in [-0.25, -0.2) is 0 Å². The third kappa shape index (κ3) is 7.88. The zero-order chi connectivity index (χ0) is 16.9. The second-order valence-electron chi connectivity index (χ2n) is 5.58. The summed E-state index contributed by atoms with van der Waals surface area (Å²) < 4.78 is 22.2. The third-order valence-corrected chi connectivity index (χ3v) is 3.75. The molecule has 1 fully saturated rings. The number of aldehydes is 1. The molecule has 134 valence electrons. The molecule has 1 aromatic carbocycles. The van der Waals surface area contributed by atoms with Crippen LogP contribution in [0.5, 0.6) is 5.75 Å². The maximum absolute atomic E-state index is 10.5. The summed E-state index contributed by atoms with van der Waals surface area (Å²) in [7, 11) is 0. The Morgan fingerprint density at radius 1 is 0.917 bits per heavy atom. The van der Waals surface area contributed by atoms with Crippen LogP contribution in [-0.2, 0) is 14.2 Å². The summed E-state index contributed by atoms with van der Waals surface area (Å²) in [5.74, 6) is 0.732. The van der Waals surface area contributed by atoms with E-state index in [1.807, 2.05) is 0 Å². The Kier molecular flexibility index (Phi) is 9.41. The number of hydrogen-bond acceptors (Lipinski definition) is 6. The Bertz CT molecular complexity index is 445. The second kappa shape index (κ2) is 12.0. The third-order valence-electron chi connectivity index (χ3n) is 3.75. The van der Waals surface area contributed by atoms with Crippen molar-refractivity contribution in [1.82, 2.24) is 5.32 Å². The van der Waals surface area contributed by atoms with Crippen molar-refractivity contribution in [2.75, 3.05) is 52.7 Å². The fourth-order valence-electron chi connectivity index (χ4n) is 2.42. The SMILES string of the molecule is O=Cc1ccc(OCCOCCOCCOC2CCNCC2)cc1. The molecule has 0 spiro atoms. The summed E-state index contributed by atoms with van der Waals surface area (Å²) in [4.78, 5) is 10.5. The summed E-state index contributed by atoms with van der Waals surface area (Å²) in [6.07, 6.45) is 3.36. The molecule has 1 aliphatic rings. The second-order valence-corrected chi connectivity index (χ2v) is 5.58. The van der Waals surface area contributed by atoms with E-state index in [0.717, 1.165) is 38.0 Å². The molecular formula is C18H27NO5. The van der Waals surface area contributed by atoms with Crippen LogP contribution >= 0.6 is 0 Å². The Morgan fingerprint density at radius 2 is 1.54 bits per heavy atom. The van der Waals surface area contributed by atoms with Crippen LogP contribution in [0.25, 0.3) is 0 Å². The minimum Gasteiger partial charge on any atom is -0.491 e. The molecule has 2 rings (SSSR count). The van der Waals surface area contributed by atoms with Crippen LogP contribution in [0.3, 0.4) is 0 Å². The molecule has 6 heteroatoms. The number of rotatable bonds is 12. The molecule has 0 amide bonds. The smallest absolute Gasteiger partial charge is 0.150 e. The highest BCUT2D eigenvalue weighted by Gasteiger charge is 2.12. The molecule has 1 N–H and O–H groups in total. The molecule has 6 nitrogen and oxygen atoms in total. The van der Waals surface area contributed by atoms with Gasteiger partial charge in [-0.05, 0) is 50.2 Å². The van der Waals surface area contributed by atoms with E-state index >= 15 is 0 Å². The first-order valence-corrected chi connectivity index (χ1v) is 8.54. The lowest BCUT2D eigenvalue weighted by Crippen LogP contribution is -2.33. The summed E-state index contributed by atoms with van der Waals surface area (Å²) >= 11 is 0. The van der Waals surface area contributed by atoms with Crippen LogP contribution in [0, 0.1) is 0 Å². The van der Waals surface area contributed by atoms with Crippen molar-refractivity contribution < 1.29 is 23.7 Å². The minimum atomic E-state index is 0.379. The average molecular weight is 337 g/mol. The highest BCUT2D eigenvalue weighted by atomic mass is 16.6. The molecule has 0 unspecified atom stereocenters. The van der Waals surface area contributed by atoms with Gasteiger partial charge in [0.05, 0.1) is 39.1 Å². The molecule has 1 heterocycles. The number of piperidine rings is 1. The van der Waals surface area contributed by atoms with Gasteiger partial charge in [0, 0.05) is 5.56 Å². The van der Waals surface area contributed by atoms with Gasteiger partial charge in [0.15, 0.2) is 0 Å². The van der Waals surface area contributed by atoms with Gasteiger partial charge >= 0.3 is 0 Å². The van der Waals surface area contributed by atoms with Crippen LogP contribution in [0.4, 0.5) is 0 Å². The van der Waals surface area contributed by atoms with Gasteiger partial charge in [-0.2, -0.15) is 0 Å². The van der Waals surface area contributed by atoms with Gasteiger partial charge < -0.3 is 24.3 Å². The Balaban J connectivity index is 1.36. The molecule has 0 saturated carbocycles. The molecule has 1 aliphatic heterocycles. The molecular weight excluding hydrogens is 310 g/mol. The molecule has 0 atom stereocenters. The molecule has 0 radical (unpaired) electrons. The molecule has 0 bridgehead atoms. The van der Waals surface area contributed by atoms with E-state index in [1.54, 1.807) is 24.3 Å². The van der Waals surface area contributed by atoms with Crippen molar-refractivity contribution >= 4 is 6.29 Å². The maximum atomic E-state index is 10.5. The van der Waals surface area contributed by atoms with Crippen molar-refractivity contribution in [2.45, 2.75) is 18.9 Å². The molecule has 0 aliphatic carbocycles. The monoisotopic (exact) mass is 337 g/mol. The van der Waals surface area contributed by atoms with Crippen LogP contribution < -0.4 is 10.1 Å². The van der Waals surface area contributed by atoms with Crippen molar-refractivity contribution in [3.63, 3.8) is 0 Å². The predicted molar refractivity (Wildman–Crippen MR) is 90.8 cm³/mol. The summed E-state index contributed by atoms with van der Waals surface area (Å²) in [6, 6.07) is 7.00. The van der Waals surface area contributed by atoms with Gasteiger partial charge in [-0.3, -0.25) is 4.79 Å². The highest BCUT2D eigenvalue weighted by molar-refractivity contribution is 5.74. The molecule has 1 aromatic rings. The van der Waals surface area contributed by atoms with Crippen LogP contribution in [0.1, 0.15) is 23.2 Å². The number of ether oxygens (including phenoxy) is 4. The number of carbonyl (C=O) groups excluding carboxylic acids is 1. The van der Waals surface area contributed by atoms with Crippen molar-refractivity contribution in [1.29, 1.82) is 0 Å². The molecule has 24 heavy (non-hydrogen) atoms. The normalized spacial score (nSPS) is 15.3. The topological polar surface area (TPSA) is 66.0 Å². The van der Waals surface area contributed by atoms with Gasteiger partial charge in [0.1, 0.15) is 18.6 Å². The Hall–Kier alpha value is -1.47. The van der Waals surface area contributed by atoms with Crippen LogP contribution in [0.15, 0.2) is 24.3 Å². The van der Waals surface area contributed by atoms with Gasteiger partial charge in [0.2, 0.25) is 0 Å². The minimum absolute atomic E-state index is 0.379. The number of benzene rings is 1. The average Bonchev–Trinajstić information content (AvgIpc) is 2.64. The first kappa shape index (κ1) is 18.9. The van der Waals surface area contributed by atoms with Crippen LogP contribution in [0.2, 0.25) is 0 Å². The maximum Gasteiger partial charge on any atom is 0.150 e. The Labute approximate surface area is 143 Å². The lowest BCUT2D eigenvalue weighted by Gasteiger charge is -2.22. The lowest BCUT2D eigenvalue weighted by atomic mass is 10.1. The van der Waals surface area contributed by atoms with Crippen LogP contribution in [-0.4, -0.2) is 65.1 Å². The van der Waals surface area contributed by atoms with E-state index in [4.69, 9.17) is 18.9 Å². The molecule has 1 saturated heterocycles. The van der Waals surface area contributed by atoms with E-state index in [9.17, 15) is 4.79 Å². The van der Waals surface area contributed by atoms with Gasteiger partial charge in [-0.1, -0.05) is 0 Å². The van der Waals surface area contributed by atoms with Gasteiger partial charge in [-0.15, -0.1) is 0 Å². The van der Waals surface area contributed by atoms with E-state index in [0.29, 0.717) is 51.3 Å². The van der Waals surface area contributed by atoms with Crippen molar-refractivity contribution in [3.05, 3.63) is 29.8 Å². The fraction of sp³-hybridized carbons (Fsp3) is 0.611. The fourth-order valence-corrected chi connectivity index (χ4v) is 2.42.